The van der Waals surface area contributed by atoms with Crippen molar-refractivity contribution >= 4 is 32.9 Å². The van der Waals surface area contributed by atoms with Gasteiger partial charge in [0.1, 0.15) is 5.52 Å². The van der Waals surface area contributed by atoms with E-state index < -0.39 is 27.4 Å². The van der Waals surface area contributed by atoms with Gasteiger partial charge in [-0.15, -0.1) is 0 Å². The smallest absolute Gasteiger partial charge is 0.328 e. The SMILES string of the molecule is CCCCS(=O)(=O)NC(=O)c1nc(N)c2[nH]c(=O)n(Cc3ccccc3)c2n1. The van der Waals surface area contributed by atoms with Crippen molar-refractivity contribution in [2.24, 2.45) is 0 Å². The summed E-state index contributed by atoms with van der Waals surface area (Å²) in [5.41, 5.74) is 6.54. The number of carbonyl (C=O) groups excluding carboxylic acids is 1. The summed E-state index contributed by atoms with van der Waals surface area (Å²) in [6, 6.07) is 9.19. The van der Waals surface area contributed by atoms with Crippen LogP contribution in [0.3, 0.4) is 0 Å². The summed E-state index contributed by atoms with van der Waals surface area (Å²) in [6.07, 6.45) is 1.08. The van der Waals surface area contributed by atoms with Gasteiger partial charge in [-0.05, 0) is 12.0 Å². The molecule has 3 aromatic rings. The predicted molar refractivity (Wildman–Crippen MR) is 104 cm³/mol. The highest BCUT2D eigenvalue weighted by Gasteiger charge is 2.21. The van der Waals surface area contributed by atoms with Gasteiger partial charge >= 0.3 is 11.6 Å². The largest absolute Gasteiger partial charge is 0.382 e. The van der Waals surface area contributed by atoms with Crippen molar-refractivity contribution in [3.63, 3.8) is 0 Å². The number of hydrogen-bond donors (Lipinski definition) is 3. The molecule has 28 heavy (non-hydrogen) atoms. The van der Waals surface area contributed by atoms with E-state index in [0.29, 0.717) is 12.8 Å². The number of aromatic amines is 1. The maximum absolute atomic E-state index is 12.3. The van der Waals surface area contributed by atoms with Gasteiger partial charge in [0.25, 0.3) is 0 Å². The Bertz CT molecular complexity index is 1170. The number of benzene rings is 1. The minimum Gasteiger partial charge on any atom is -0.382 e. The molecule has 0 aliphatic carbocycles. The van der Waals surface area contributed by atoms with Crippen LogP contribution in [0.15, 0.2) is 35.1 Å². The van der Waals surface area contributed by atoms with Crippen LogP contribution in [0.1, 0.15) is 35.9 Å². The molecule has 0 saturated carbocycles. The van der Waals surface area contributed by atoms with Crippen LogP contribution in [0.2, 0.25) is 0 Å². The number of imidazole rings is 1. The number of aromatic nitrogens is 4. The van der Waals surface area contributed by atoms with Gasteiger partial charge in [-0.2, -0.15) is 0 Å². The molecule has 0 spiro atoms. The van der Waals surface area contributed by atoms with Gasteiger partial charge in [0.2, 0.25) is 15.8 Å². The van der Waals surface area contributed by atoms with E-state index >= 15 is 0 Å². The normalized spacial score (nSPS) is 11.6. The number of nitrogens with two attached hydrogens (primary N) is 1. The number of unbranched alkanes of at least 4 members (excludes halogenated alkanes) is 1. The first-order valence-electron chi connectivity index (χ1n) is 8.65. The molecule has 11 heteroatoms. The molecule has 10 nitrogen and oxygen atoms in total. The van der Waals surface area contributed by atoms with Crippen LogP contribution in [0.25, 0.3) is 11.2 Å². The topological polar surface area (TPSA) is 153 Å². The molecule has 0 unspecified atom stereocenters. The number of nitrogen functional groups attached to an aromatic ring is 1. The molecular formula is C17H20N6O4S. The number of fused-ring (bicyclic) bond motifs is 1. The monoisotopic (exact) mass is 404 g/mol. The van der Waals surface area contributed by atoms with Gasteiger partial charge in [0, 0.05) is 0 Å². The molecule has 3 rings (SSSR count). The lowest BCUT2D eigenvalue weighted by atomic mass is 10.2. The molecule has 0 saturated heterocycles. The van der Waals surface area contributed by atoms with E-state index in [0.717, 1.165) is 5.56 Å². The maximum atomic E-state index is 12.3. The third-order valence-corrected chi connectivity index (χ3v) is 5.37. The fourth-order valence-corrected chi connectivity index (χ4v) is 3.78. The number of nitrogens with one attached hydrogen (secondary N) is 2. The van der Waals surface area contributed by atoms with Crippen LogP contribution >= 0.6 is 0 Å². The summed E-state index contributed by atoms with van der Waals surface area (Å²) < 4.78 is 27.1. The van der Waals surface area contributed by atoms with Gasteiger partial charge in [-0.1, -0.05) is 43.7 Å². The molecule has 0 aliphatic heterocycles. The first kappa shape index (κ1) is 19.5. The molecule has 0 atom stereocenters. The zero-order chi connectivity index (χ0) is 20.3. The maximum Gasteiger partial charge on any atom is 0.328 e. The fourth-order valence-electron chi connectivity index (χ4n) is 2.64. The van der Waals surface area contributed by atoms with Crippen molar-refractivity contribution in [1.29, 1.82) is 0 Å². The number of sulfonamides is 1. The lowest BCUT2D eigenvalue weighted by Crippen LogP contribution is -2.34. The Morgan fingerprint density at radius 3 is 2.64 bits per heavy atom. The van der Waals surface area contributed by atoms with Gasteiger partial charge in [-0.3, -0.25) is 9.36 Å². The highest BCUT2D eigenvalue weighted by molar-refractivity contribution is 7.90. The molecule has 148 valence electrons. The minimum atomic E-state index is -3.81. The van der Waals surface area contributed by atoms with Gasteiger partial charge in [-0.25, -0.2) is 27.9 Å². The number of hydrogen-bond acceptors (Lipinski definition) is 7. The molecule has 0 aliphatic rings. The minimum absolute atomic E-state index is 0.120. The number of anilines is 1. The number of amides is 1. The van der Waals surface area contributed by atoms with Crippen molar-refractivity contribution in [1.82, 2.24) is 24.2 Å². The van der Waals surface area contributed by atoms with Crippen LogP contribution in [0.5, 0.6) is 0 Å². The molecule has 1 amide bonds. The molecule has 2 heterocycles. The summed E-state index contributed by atoms with van der Waals surface area (Å²) in [4.78, 5) is 35.1. The Morgan fingerprint density at radius 2 is 1.96 bits per heavy atom. The van der Waals surface area contributed by atoms with E-state index in [1.165, 1.54) is 4.57 Å². The second kappa shape index (κ2) is 7.80. The van der Waals surface area contributed by atoms with E-state index in [9.17, 15) is 18.0 Å². The molecule has 4 N–H and O–H groups in total. The third-order valence-electron chi connectivity index (χ3n) is 4.05. The molecular weight excluding hydrogens is 384 g/mol. The quantitative estimate of drug-likeness (QED) is 0.521. The Hall–Kier alpha value is -3.21. The van der Waals surface area contributed by atoms with Crippen LogP contribution < -0.4 is 16.1 Å². The van der Waals surface area contributed by atoms with E-state index in [1.807, 2.05) is 42.0 Å². The first-order chi connectivity index (χ1) is 13.3. The van der Waals surface area contributed by atoms with Crippen molar-refractivity contribution < 1.29 is 13.2 Å². The van der Waals surface area contributed by atoms with Crippen LogP contribution in [-0.4, -0.2) is 39.6 Å². The Morgan fingerprint density at radius 1 is 1.25 bits per heavy atom. The Kier molecular flexibility index (Phi) is 5.45. The van der Waals surface area contributed by atoms with Crippen LogP contribution in [-0.2, 0) is 16.6 Å². The molecule has 1 aromatic carbocycles. The number of H-pyrrole nitrogens is 1. The average molecular weight is 404 g/mol. The van der Waals surface area contributed by atoms with E-state index in [-0.39, 0.29) is 29.3 Å². The lowest BCUT2D eigenvalue weighted by Gasteiger charge is -2.07. The highest BCUT2D eigenvalue weighted by Crippen LogP contribution is 2.15. The Balaban J connectivity index is 1.98. The van der Waals surface area contributed by atoms with Crippen molar-refractivity contribution in [2.75, 3.05) is 11.5 Å². The van der Waals surface area contributed by atoms with E-state index in [4.69, 9.17) is 5.73 Å². The summed E-state index contributed by atoms with van der Waals surface area (Å²) in [5, 5.41) is 0. The number of nitrogens with zero attached hydrogens (tertiary/aromatic N) is 3. The third kappa shape index (κ3) is 4.19. The molecule has 0 fully saturated rings. The second-order valence-electron chi connectivity index (χ2n) is 6.24. The summed E-state index contributed by atoms with van der Waals surface area (Å²) in [6.45, 7) is 2.04. The highest BCUT2D eigenvalue weighted by atomic mass is 32.2. The van der Waals surface area contributed by atoms with Crippen LogP contribution in [0.4, 0.5) is 5.82 Å². The first-order valence-corrected chi connectivity index (χ1v) is 10.3. The van der Waals surface area contributed by atoms with Gasteiger partial charge < -0.3 is 10.7 Å². The van der Waals surface area contributed by atoms with Gasteiger partial charge in [0.15, 0.2) is 11.5 Å². The fraction of sp³-hybridized carbons (Fsp3) is 0.294. The molecule has 0 radical (unpaired) electrons. The van der Waals surface area contributed by atoms with Crippen molar-refractivity contribution in [3.8, 4) is 0 Å². The van der Waals surface area contributed by atoms with Gasteiger partial charge in [0.05, 0.1) is 12.3 Å². The molecule has 0 bridgehead atoms. The standard InChI is InChI=1S/C17H20N6O4S/c1-2-3-9-28(26,27)22-16(24)14-20-13(18)12-15(21-14)23(17(25)19-12)10-11-7-5-4-6-8-11/h4-8H,2-3,9-10H2,1H3,(H,19,25)(H,22,24)(H2,18,20,21). The lowest BCUT2D eigenvalue weighted by molar-refractivity contribution is 0.0971. The van der Waals surface area contributed by atoms with Crippen LogP contribution in [0, 0.1) is 0 Å². The number of rotatable bonds is 7. The van der Waals surface area contributed by atoms with Crippen molar-refractivity contribution in [2.45, 2.75) is 26.3 Å². The van der Waals surface area contributed by atoms with E-state index in [1.54, 1.807) is 0 Å². The van der Waals surface area contributed by atoms with Crippen molar-refractivity contribution in [3.05, 3.63) is 52.2 Å². The zero-order valence-electron chi connectivity index (χ0n) is 15.2. The number of carbonyl (C=O) groups is 1. The predicted octanol–water partition coefficient (Wildman–Crippen LogP) is 0.610. The second-order valence-corrected chi connectivity index (χ2v) is 8.08. The summed E-state index contributed by atoms with van der Waals surface area (Å²) >= 11 is 0. The molecule has 2 aromatic heterocycles. The summed E-state index contributed by atoms with van der Waals surface area (Å²) in [5.74, 6) is -1.73. The Labute approximate surface area is 160 Å². The summed E-state index contributed by atoms with van der Waals surface area (Å²) in [7, 11) is -3.81. The zero-order valence-corrected chi connectivity index (χ0v) is 16.0. The average Bonchev–Trinajstić information content (AvgIpc) is 2.97. The van der Waals surface area contributed by atoms with E-state index in [2.05, 4.69) is 15.0 Å².